The smallest absolute Gasteiger partial charge is 0.146 e. The Kier molecular flexibility index (Phi) is 4.42. The van der Waals surface area contributed by atoms with Gasteiger partial charge in [-0.25, -0.2) is 4.98 Å². The molecule has 3 aromatic rings. The van der Waals surface area contributed by atoms with Gasteiger partial charge < -0.3 is 4.74 Å². The van der Waals surface area contributed by atoms with Gasteiger partial charge in [0.05, 0.1) is 6.21 Å². The van der Waals surface area contributed by atoms with Gasteiger partial charge in [0.2, 0.25) is 0 Å². The summed E-state index contributed by atoms with van der Waals surface area (Å²) in [5.41, 5.74) is 3.82. The maximum absolute atomic E-state index is 5.79. The maximum atomic E-state index is 5.79. The van der Waals surface area contributed by atoms with Gasteiger partial charge in [-0.15, -0.1) is 0 Å². The number of pyridine rings is 1. The van der Waals surface area contributed by atoms with E-state index in [2.05, 4.69) is 15.5 Å². The van der Waals surface area contributed by atoms with Crippen molar-refractivity contribution in [2.75, 3.05) is 5.43 Å². The molecule has 0 fully saturated rings. The van der Waals surface area contributed by atoms with Crippen molar-refractivity contribution in [3.8, 4) is 11.5 Å². The summed E-state index contributed by atoms with van der Waals surface area (Å²) in [4.78, 5) is 4.13. The normalized spacial score (nSPS) is 10.5. The van der Waals surface area contributed by atoms with E-state index in [1.165, 1.54) is 0 Å². The summed E-state index contributed by atoms with van der Waals surface area (Å²) in [5.74, 6) is 2.28. The highest BCUT2D eigenvalue weighted by atomic mass is 16.5. The Balaban J connectivity index is 1.66. The van der Waals surface area contributed by atoms with Crippen LogP contribution in [0.2, 0.25) is 0 Å². The number of nitrogens with one attached hydrogen (secondary N) is 1. The van der Waals surface area contributed by atoms with E-state index in [9.17, 15) is 0 Å². The summed E-state index contributed by atoms with van der Waals surface area (Å²) < 4.78 is 5.79. The van der Waals surface area contributed by atoms with Crippen LogP contribution < -0.4 is 10.2 Å². The zero-order valence-electron chi connectivity index (χ0n) is 11.9. The Bertz CT molecular complexity index is 743. The molecular weight excluding hydrogens is 274 g/mol. The van der Waals surface area contributed by atoms with E-state index in [-0.39, 0.29) is 0 Å². The standard InChI is InChI=1S/C18H15N3O/c1-2-8-16(9-3-1)22-17-10-6-7-15(13-17)14-20-21-18-11-4-5-12-19-18/h1-14H,(H,19,21)/b20-14-. The quantitative estimate of drug-likeness (QED) is 0.562. The second-order valence-corrected chi connectivity index (χ2v) is 4.57. The fourth-order valence-electron chi connectivity index (χ4n) is 1.88. The highest BCUT2D eigenvalue weighted by Gasteiger charge is 1.97. The first-order valence-corrected chi connectivity index (χ1v) is 6.93. The van der Waals surface area contributed by atoms with Gasteiger partial charge in [-0.2, -0.15) is 5.10 Å². The van der Waals surface area contributed by atoms with Gasteiger partial charge >= 0.3 is 0 Å². The molecule has 0 unspecified atom stereocenters. The van der Waals surface area contributed by atoms with Crippen LogP contribution in [0.3, 0.4) is 0 Å². The second kappa shape index (κ2) is 7.04. The van der Waals surface area contributed by atoms with Gasteiger partial charge in [0.1, 0.15) is 17.3 Å². The van der Waals surface area contributed by atoms with Gasteiger partial charge in [0.25, 0.3) is 0 Å². The van der Waals surface area contributed by atoms with Crippen molar-refractivity contribution in [2.45, 2.75) is 0 Å². The average molecular weight is 289 g/mol. The summed E-state index contributed by atoms with van der Waals surface area (Å²) in [7, 11) is 0. The molecule has 4 heteroatoms. The summed E-state index contributed by atoms with van der Waals surface area (Å²) in [6, 6.07) is 23.0. The Morgan fingerprint density at radius 1 is 0.864 bits per heavy atom. The minimum Gasteiger partial charge on any atom is -0.457 e. The highest BCUT2D eigenvalue weighted by Crippen LogP contribution is 2.21. The van der Waals surface area contributed by atoms with Crippen molar-refractivity contribution in [3.63, 3.8) is 0 Å². The molecule has 0 spiro atoms. The molecular formula is C18H15N3O. The van der Waals surface area contributed by atoms with E-state index >= 15 is 0 Å². The number of nitrogens with zero attached hydrogens (tertiary/aromatic N) is 2. The lowest BCUT2D eigenvalue weighted by atomic mass is 10.2. The van der Waals surface area contributed by atoms with Crippen molar-refractivity contribution in [2.24, 2.45) is 5.10 Å². The molecule has 0 amide bonds. The summed E-state index contributed by atoms with van der Waals surface area (Å²) >= 11 is 0. The lowest BCUT2D eigenvalue weighted by Crippen LogP contribution is -1.93. The first-order chi connectivity index (χ1) is 10.9. The Hall–Kier alpha value is -3.14. The van der Waals surface area contributed by atoms with Crippen LogP contribution in [0.4, 0.5) is 5.82 Å². The van der Waals surface area contributed by atoms with E-state index in [0.717, 1.165) is 17.1 Å². The molecule has 3 rings (SSSR count). The van der Waals surface area contributed by atoms with Gasteiger partial charge in [0.15, 0.2) is 0 Å². The Morgan fingerprint density at radius 2 is 1.68 bits per heavy atom. The van der Waals surface area contributed by atoms with E-state index in [1.807, 2.05) is 72.8 Å². The largest absolute Gasteiger partial charge is 0.457 e. The molecule has 0 saturated carbocycles. The predicted octanol–water partition coefficient (Wildman–Crippen LogP) is 4.32. The van der Waals surface area contributed by atoms with Gasteiger partial charge in [-0.1, -0.05) is 36.4 Å². The van der Waals surface area contributed by atoms with Crippen molar-refractivity contribution < 1.29 is 4.74 Å². The second-order valence-electron chi connectivity index (χ2n) is 4.57. The zero-order chi connectivity index (χ0) is 15.0. The third-order valence-electron chi connectivity index (χ3n) is 2.89. The molecule has 0 atom stereocenters. The zero-order valence-corrected chi connectivity index (χ0v) is 11.9. The first-order valence-electron chi connectivity index (χ1n) is 6.93. The molecule has 2 aromatic carbocycles. The topological polar surface area (TPSA) is 46.5 Å². The molecule has 0 aliphatic heterocycles. The number of para-hydroxylation sites is 1. The summed E-state index contributed by atoms with van der Waals surface area (Å²) in [5, 5.41) is 4.17. The molecule has 0 aliphatic rings. The number of benzene rings is 2. The fourth-order valence-corrected chi connectivity index (χ4v) is 1.88. The van der Waals surface area contributed by atoms with Crippen LogP contribution in [0.25, 0.3) is 0 Å². The maximum Gasteiger partial charge on any atom is 0.146 e. The number of ether oxygens (including phenoxy) is 1. The van der Waals surface area contributed by atoms with E-state index < -0.39 is 0 Å². The van der Waals surface area contributed by atoms with Gasteiger partial charge in [-0.3, -0.25) is 5.43 Å². The molecule has 0 saturated heterocycles. The first kappa shape index (κ1) is 13.8. The lowest BCUT2D eigenvalue weighted by molar-refractivity contribution is 0.482. The van der Waals surface area contributed by atoms with Crippen LogP contribution in [0.5, 0.6) is 11.5 Å². The van der Waals surface area contributed by atoms with E-state index in [1.54, 1.807) is 12.4 Å². The molecule has 22 heavy (non-hydrogen) atoms. The van der Waals surface area contributed by atoms with Crippen molar-refractivity contribution in [1.29, 1.82) is 0 Å². The highest BCUT2D eigenvalue weighted by molar-refractivity contribution is 5.80. The third kappa shape index (κ3) is 3.93. The third-order valence-corrected chi connectivity index (χ3v) is 2.89. The van der Waals surface area contributed by atoms with Crippen molar-refractivity contribution in [1.82, 2.24) is 4.98 Å². The summed E-state index contributed by atoms with van der Waals surface area (Å²) in [6.07, 6.45) is 3.44. The van der Waals surface area contributed by atoms with E-state index in [4.69, 9.17) is 4.74 Å². The molecule has 4 nitrogen and oxygen atoms in total. The predicted molar refractivity (Wildman–Crippen MR) is 88.4 cm³/mol. The van der Waals surface area contributed by atoms with Crippen LogP contribution in [-0.2, 0) is 0 Å². The fraction of sp³-hybridized carbons (Fsp3) is 0. The molecule has 0 bridgehead atoms. The number of hydrogen-bond acceptors (Lipinski definition) is 4. The number of aromatic nitrogens is 1. The van der Waals surface area contributed by atoms with Crippen LogP contribution in [0.1, 0.15) is 5.56 Å². The average Bonchev–Trinajstić information content (AvgIpc) is 2.57. The Labute approximate surface area is 129 Å². The van der Waals surface area contributed by atoms with Gasteiger partial charge in [0, 0.05) is 6.20 Å². The number of hydrazone groups is 1. The SMILES string of the molecule is C(=N/Nc1ccccn1)/c1cccc(Oc2ccccc2)c1. The molecule has 0 aliphatic carbocycles. The molecule has 1 heterocycles. The lowest BCUT2D eigenvalue weighted by Gasteiger charge is -2.05. The van der Waals surface area contributed by atoms with Crippen LogP contribution in [0.15, 0.2) is 84.1 Å². The van der Waals surface area contributed by atoms with E-state index in [0.29, 0.717) is 5.82 Å². The minimum atomic E-state index is 0.704. The summed E-state index contributed by atoms with van der Waals surface area (Å²) in [6.45, 7) is 0. The van der Waals surface area contributed by atoms with Crippen LogP contribution >= 0.6 is 0 Å². The molecule has 108 valence electrons. The molecule has 1 N–H and O–H groups in total. The number of anilines is 1. The molecule has 1 aromatic heterocycles. The van der Waals surface area contributed by atoms with Crippen LogP contribution in [-0.4, -0.2) is 11.2 Å². The monoisotopic (exact) mass is 289 g/mol. The number of rotatable bonds is 5. The van der Waals surface area contributed by atoms with Gasteiger partial charge in [-0.05, 0) is 42.0 Å². The van der Waals surface area contributed by atoms with Crippen molar-refractivity contribution in [3.05, 3.63) is 84.6 Å². The number of hydrogen-bond donors (Lipinski definition) is 1. The Morgan fingerprint density at radius 3 is 2.50 bits per heavy atom. The molecule has 0 radical (unpaired) electrons. The van der Waals surface area contributed by atoms with Crippen LogP contribution in [0, 0.1) is 0 Å². The minimum absolute atomic E-state index is 0.704. The van der Waals surface area contributed by atoms with Crippen molar-refractivity contribution >= 4 is 12.0 Å².